The molecule has 0 spiro atoms. The monoisotopic (exact) mass is 265 g/mol. The van der Waals surface area contributed by atoms with Crippen molar-refractivity contribution in [1.29, 1.82) is 0 Å². The maximum absolute atomic E-state index is 11.6. The molecule has 0 unspecified atom stereocenters. The minimum Gasteiger partial charge on any atom is -0.459 e. The van der Waals surface area contributed by atoms with Crippen LogP contribution in [0.3, 0.4) is 0 Å². The number of carbonyl (C=O) groups is 1. The van der Waals surface area contributed by atoms with Crippen LogP contribution in [-0.2, 0) is 16.0 Å². The number of nitrogens with one attached hydrogen (secondary N) is 1. The maximum atomic E-state index is 11.6. The van der Waals surface area contributed by atoms with Gasteiger partial charge in [-0.05, 0) is 32.8 Å². The summed E-state index contributed by atoms with van der Waals surface area (Å²) in [6.07, 6.45) is 0.681. The van der Waals surface area contributed by atoms with E-state index >= 15 is 0 Å². The Balaban J connectivity index is 2.39. The number of ether oxygens (including phenoxy) is 1. The number of rotatable bonds is 6. The van der Waals surface area contributed by atoms with Gasteiger partial charge in [0.15, 0.2) is 0 Å². The minimum absolute atomic E-state index is 0.0162. The first-order valence-corrected chi connectivity index (χ1v) is 6.51. The van der Waals surface area contributed by atoms with Crippen molar-refractivity contribution in [3.05, 3.63) is 35.9 Å². The quantitative estimate of drug-likeness (QED) is 0.766. The van der Waals surface area contributed by atoms with Crippen LogP contribution in [0.15, 0.2) is 30.3 Å². The topological polar surface area (TPSA) is 58.6 Å². The van der Waals surface area contributed by atoms with Gasteiger partial charge in [0, 0.05) is 6.04 Å². The average Bonchev–Trinajstić information content (AvgIpc) is 2.33. The lowest BCUT2D eigenvalue weighted by atomic mass is 10.1. The Morgan fingerprint density at radius 3 is 2.47 bits per heavy atom. The first-order chi connectivity index (χ1) is 8.90. The molecule has 19 heavy (non-hydrogen) atoms. The van der Waals surface area contributed by atoms with E-state index in [0.29, 0.717) is 6.42 Å². The molecular weight excluding hydrogens is 242 g/mol. The van der Waals surface area contributed by atoms with Crippen molar-refractivity contribution < 1.29 is 14.6 Å². The van der Waals surface area contributed by atoms with Crippen LogP contribution < -0.4 is 5.32 Å². The van der Waals surface area contributed by atoms with Gasteiger partial charge >= 0.3 is 5.97 Å². The van der Waals surface area contributed by atoms with Crippen molar-refractivity contribution in [2.45, 2.75) is 38.8 Å². The summed E-state index contributed by atoms with van der Waals surface area (Å²) >= 11 is 0. The number of hydrogen-bond donors (Lipinski definition) is 2. The molecule has 1 atom stereocenters. The lowest BCUT2D eigenvalue weighted by Gasteiger charge is -2.21. The fourth-order valence-corrected chi connectivity index (χ4v) is 1.71. The van der Waals surface area contributed by atoms with Crippen molar-refractivity contribution in [1.82, 2.24) is 5.32 Å². The molecule has 0 saturated heterocycles. The Hall–Kier alpha value is -1.39. The Labute approximate surface area is 114 Å². The van der Waals surface area contributed by atoms with E-state index in [9.17, 15) is 9.90 Å². The molecule has 0 fully saturated rings. The van der Waals surface area contributed by atoms with Crippen molar-refractivity contribution >= 4 is 5.97 Å². The normalized spacial score (nSPS) is 13.1. The molecule has 106 valence electrons. The zero-order chi connectivity index (χ0) is 14.3. The van der Waals surface area contributed by atoms with Gasteiger partial charge in [-0.3, -0.25) is 4.79 Å². The van der Waals surface area contributed by atoms with Gasteiger partial charge in [0.1, 0.15) is 5.60 Å². The SMILES string of the molecule is CC(C)(C)OC(=O)CN[C@H](CO)Cc1ccccc1. The average molecular weight is 265 g/mol. The Kier molecular flexibility index (Phi) is 5.99. The summed E-state index contributed by atoms with van der Waals surface area (Å²) in [6, 6.07) is 9.71. The molecule has 0 aliphatic heterocycles. The maximum Gasteiger partial charge on any atom is 0.320 e. The molecule has 0 saturated carbocycles. The van der Waals surface area contributed by atoms with E-state index in [4.69, 9.17) is 4.74 Å². The lowest BCUT2D eigenvalue weighted by molar-refractivity contribution is -0.153. The molecule has 0 heterocycles. The predicted octanol–water partition coefficient (Wildman–Crippen LogP) is 1.52. The molecule has 0 aliphatic rings. The van der Waals surface area contributed by atoms with Gasteiger partial charge in [-0.25, -0.2) is 0 Å². The van der Waals surface area contributed by atoms with E-state index in [1.165, 1.54) is 0 Å². The highest BCUT2D eigenvalue weighted by molar-refractivity contribution is 5.72. The van der Waals surface area contributed by atoms with Crippen molar-refractivity contribution in [3.8, 4) is 0 Å². The van der Waals surface area contributed by atoms with Gasteiger partial charge < -0.3 is 15.2 Å². The van der Waals surface area contributed by atoms with Gasteiger partial charge in [-0.1, -0.05) is 30.3 Å². The van der Waals surface area contributed by atoms with Crippen LogP contribution in [0.5, 0.6) is 0 Å². The molecule has 0 amide bonds. The summed E-state index contributed by atoms with van der Waals surface area (Å²) in [7, 11) is 0. The minimum atomic E-state index is -0.479. The van der Waals surface area contributed by atoms with Crippen LogP contribution in [0.25, 0.3) is 0 Å². The van der Waals surface area contributed by atoms with Crippen molar-refractivity contribution in [3.63, 3.8) is 0 Å². The van der Waals surface area contributed by atoms with Crippen molar-refractivity contribution in [2.24, 2.45) is 0 Å². The van der Waals surface area contributed by atoms with Crippen molar-refractivity contribution in [2.75, 3.05) is 13.2 Å². The van der Waals surface area contributed by atoms with Crippen LogP contribution in [0.4, 0.5) is 0 Å². The van der Waals surface area contributed by atoms with E-state index in [0.717, 1.165) is 5.56 Å². The molecular formula is C15H23NO3. The molecule has 0 aromatic heterocycles. The number of carbonyl (C=O) groups excluding carboxylic acids is 1. The fraction of sp³-hybridized carbons (Fsp3) is 0.533. The first kappa shape index (κ1) is 15.7. The molecule has 0 bridgehead atoms. The summed E-state index contributed by atoms with van der Waals surface area (Å²) in [5.41, 5.74) is 0.644. The summed E-state index contributed by atoms with van der Waals surface area (Å²) in [5, 5.41) is 12.3. The Morgan fingerprint density at radius 1 is 1.32 bits per heavy atom. The smallest absolute Gasteiger partial charge is 0.320 e. The largest absolute Gasteiger partial charge is 0.459 e. The van der Waals surface area contributed by atoms with Gasteiger partial charge in [0.05, 0.1) is 13.2 Å². The third-order valence-corrected chi connectivity index (χ3v) is 2.50. The van der Waals surface area contributed by atoms with E-state index in [-0.39, 0.29) is 25.2 Å². The van der Waals surface area contributed by atoms with Gasteiger partial charge in [-0.2, -0.15) is 0 Å². The highest BCUT2D eigenvalue weighted by atomic mass is 16.6. The summed E-state index contributed by atoms with van der Waals surface area (Å²) in [5.74, 6) is -0.306. The van der Waals surface area contributed by atoms with Crippen LogP contribution >= 0.6 is 0 Å². The molecule has 0 radical (unpaired) electrons. The second kappa shape index (κ2) is 7.26. The van der Waals surface area contributed by atoms with Crippen LogP contribution in [-0.4, -0.2) is 35.9 Å². The second-order valence-corrected chi connectivity index (χ2v) is 5.54. The number of aliphatic hydroxyl groups is 1. The summed E-state index contributed by atoms with van der Waals surface area (Å²) < 4.78 is 5.20. The Bertz CT molecular complexity index is 384. The number of aliphatic hydroxyl groups excluding tert-OH is 1. The zero-order valence-corrected chi connectivity index (χ0v) is 11.8. The van der Waals surface area contributed by atoms with Crippen LogP contribution in [0.1, 0.15) is 26.3 Å². The number of esters is 1. The molecule has 0 aliphatic carbocycles. The van der Waals surface area contributed by atoms with E-state index in [2.05, 4.69) is 5.32 Å². The summed E-state index contributed by atoms with van der Waals surface area (Å²) in [4.78, 5) is 11.6. The number of hydrogen-bond acceptors (Lipinski definition) is 4. The second-order valence-electron chi connectivity index (χ2n) is 5.54. The molecule has 1 rings (SSSR count). The number of benzene rings is 1. The van der Waals surface area contributed by atoms with Crippen LogP contribution in [0, 0.1) is 0 Å². The van der Waals surface area contributed by atoms with E-state index in [1.807, 2.05) is 51.1 Å². The molecule has 1 aromatic carbocycles. The Morgan fingerprint density at radius 2 is 1.95 bits per heavy atom. The highest BCUT2D eigenvalue weighted by Crippen LogP contribution is 2.07. The fourth-order valence-electron chi connectivity index (χ4n) is 1.71. The predicted molar refractivity (Wildman–Crippen MR) is 74.9 cm³/mol. The highest BCUT2D eigenvalue weighted by Gasteiger charge is 2.17. The molecule has 4 heteroatoms. The standard InChI is InChI=1S/C15H23NO3/c1-15(2,3)19-14(18)10-16-13(11-17)9-12-7-5-4-6-8-12/h4-8,13,16-17H,9-11H2,1-3H3/t13-/m0/s1. The lowest BCUT2D eigenvalue weighted by Crippen LogP contribution is -2.40. The van der Waals surface area contributed by atoms with E-state index in [1.54, 1.807) is 0 Å². The van der Waals surface area contributed by atoms with Gasteiger partial charge in [-0.15, -0.1) is 0 Å². The zero-order valence-electron chi connectivity index (χ0n) is 11.8. The third kappa shape index (κ3) is 6.94. The summed E-state index contributed by atoms with van der Waals surface area (Å²) in [6.45, 7) is 5.59. The van der Waals surface area contributed by atoms with Crippen LogP contribution in [0.2, 0.25) is 0 Å². The first-order valence-electron chi connectivity index (χ1n) is 6.51. The molecule has 1 aromatic rings. The van der Waals surface area contributed by atoms with Gasteiger partial charge in [0.2, 0.25) is 0 Å². The molecule has 4 nitrogen and oxygen atoms in total. The molecule has 2 N–H and O–H groups in total. The van der Waals surface area contributed by atoms with E-state index < -0.39 is 5.60 Å². The third-order valence-electron chi connectivity index (χ3n) is 2.50. The van der Waals surface area contributed by atoms with Gasteiger partial charge in [0.25, 0.3) is 0 Å².